The number of rotatable bonds is 12. The molecule has 1 aliphatic rings. The first kappa shape index (κ1) is 22.3. The van der Waals surface area contributed by atoms with Gasteiger partial charge in [0.25, 0.3) is 5.91 Å². The molecule has 1 atom stereocenters. The molecule has 0 bridgehead atoms. The highest BCUT2D eigenvalue weighted by Crippen LogP contribution is 2.22. The van der Waals surface area contributed by atoms with Gasteiger partial charge in [0.1, 0.15) is 11.8 Å². The Balaban J connectivity index is 1.70. The highest BCUT2D eigenvalue weighted by atomic mass is 16.5. The summed E-state index contributed by atoms with van der Waals surface area (Å²) in [6.07, 6.45) is 11.7. The smallest absolute Gasteiger partial charge is 0.328 e. The van der Waals surface area contributed by atoms with Crippen molar-refractivity contribution in [2.24, 2.45) is 0 Å². The molecule has 0 aliphatic carbocycles. The number of benzene rings is 1. The van der Waals surface area contributed by atoms with Crippen LogP contribution in [0.15, 0.2) is 24.3 Å². The van der Waals surface area contributed by atoms with Crippen LogP contribution < -0.4 is 4.74 Å². The Morgan fingerprint density at radius 2 is 1.64 bits per heavy atom. The molecule has 0 radical (unpaired) electrons. The maximum atomic E-state index is 12.7. The fourth-order valence-corrected chi connectivity index (χ4v) is 3.68. The summed E-state index contributed by atoms with van der Waals surface area (Å²) in [6, 6.07) is 6.76. The van der Waals surface area contributed by atoms with Gasteiger partial charge in [0.15, 0.2) is 0 Å². The maximum Gasteiger partial charge on any atom is 0.328 e. The van der Waals surface area contributed by atoms with Crippen LogP contribution in [-0.2, 0) is 9.53 Å². The Morgan fingerprint density at radius 1 is 1.00 bits per heavy atom. The number of carbonyl (C=O) groups is 2. The summed E-state index contributed by atoms with van der Waals surface area (Å²) in [5, 5.41) is 0. The van der Waals surface area contributed by atoms with Crippen molar-refractivity contribution in [3.63, 3.8) is 0 Å². The fourth-order valence-electron chi connectivity index (χ4n) is 3.68. The Kier molecular flexibility index (Phi) is 9.87. The summed E-state index contributed by atoms with van der Waals surface area (Å²) < 4.78 is 10.6. The predicted octanol–water partition coefficient (Wildman–Crippen LogP) is 4.98. The molecule has 1 aliphatic heterocycles. The van der Waals surface area contributed by atoms with Crippen molar-refractivity contribution in [1.29, 1.82) is 0 Å². The molecule has 5 nitrogen and oxygen atoms in total. The highest BCUT2D eigenvalue weighted by molar-refractivity contribution is 5.97. The summed E-state index contributed by atoms with van der Waals surface area (Å²) in [7, 11) is 1.36. The summed E-state index contributed by atoms with van der Waals surface area (Å²) in [4.78, 5) is 26.1. The quantitative estimate of drug-likeness (QED) is 0.373. The lowest BCUT2D eigenvalue weighted by molar-refractivity contribution is -0.145. The molecule has 1 aromatic rings. The third kappa shape index (κ3) is 6.84. The van der Waals surface area contributed by atoms with E-state index in [0.29, 0.717) is 25.1 Å². The van der Waals surface area contributed by atoms with Crippen LogP contribution in [0.2, 0.25) is 0 Å². The van der Waals surface area contributed by atoms with Gasteiger partial charge in [-0.05, 0) is 43.5 Å². The Labute approximate surface area is 169 Å². The zero-order valence-electron chi connectivity index (χ0n) is 17.5. The molecule has 0 unspecified atom stereocenters. The molecule has 156 valence electrons. The van der Waals surface area contributed by atoms with Crippen molar-refractivity contribution in [3.8, 4) is 5.75 Å². The lowest BCUT2D eigenvalue weighted by Crippen LogP contribution is -2.41. The number of unbranched alkanes of at least 4 members (excludes halogenated alkanes) is 7. The van der Waals surface area contributed by atoms with Gasteiger partial charge in [-0.2, -0.15) is 0 Å². The van der Waals surface area contributed by atoms with Crippen LogP contribution in [0.5, 0.6) is 5.75 Å². The van der Waals surface area contributed by atoms with E-state index in [2.05, 4.69) is 6.92 Å². The van der Waals surface area contributed by atoms with Gasteiger partial charge >= 0.3 is 5.97 Å². The van der Waals surface area contributed by atoms with Crippen LogP contribution in [0.4, 0.5) is 0 Å². The van der Waals surface area contributed by atoms with Crippen molar-refractivity contribution < 1.29 is 19.1 Å². The Bertz CT molecular complexity index is 599. The largest absolute Gasteiger partial charge is 0.494 e. The number of esters is 1. The molecule has 28 heavy (non-hydrogen) atoms. The molecule has 1 saturated heterocycles. The van der Waals surface area contributed by atoms with Crippen LogP contribution >= 0.6 is 0 Å². The second kappa shape index (κ2) is 12.4. The number of nitrogens with zero attached hydrogens (tertiary/aromatic N) is 1. The Hall–Kier alpha value is -2.04. The minimum atomic E-state index is -0.463. The van der Waals surface area contributed by atoms with E-state index in [-0.39, 0.29) is 11.9 Å². The van der Waals surface area contributed by atoms with E-state index in [1.807, 2.05) is 12.1 Å². The van der Waals surface area contributed by atoms with Crippen molar-refractivity contribution in [2.45, 2.75) is 77.2 Å². The number of hydrogen-bond donors (Lipinski definition) is 0. The van der Waals surface area contributed by atoms with Gasteiger partial charge in [-0.15, -0.1) is 0 Å². The van der Waals surface area contributed by atoms with E-state index in [9.17, 15) is 9.59 Å². The van der Waals surface area contributed by atoms with E-state index in [4.69, 9.17) is 9.47 Å². The lowest BCUT2D eigenvalue weighted by atomic mass is 10.1. The van der Waals surface area contributed by atoms with Crippen molar-refractivity contribution in [1.82, 2.24) is 4.90 Å². The monoisotopic (exact) mass is 389 g/mol. The zero-order valence-corrected chi connectivity index (χ0v) is 17.5. The van der Waals surface area contributed by atoms with Gasteiger partial charge in [-0.1, -0.05) is 51.9 Å². The summed E-state index contributed by atoms with van der Waals surface area (Å²) in [5.41, 5.74) is 0.579. The van der Waals surface area contributed by atoms with Crippen LogP contribution in [0.1, 0.15) is 81.5 Å². The third-order valence-corrected chi connectivity index (χ3v) is 5.35. The number of carbonyl (C=O) groups excluding carboxylic acids is 2. The van der Waals surface area contributed by atoms with E-state index in [1.165, 1.54) is 52.1 Å². The van der Waals surface area contributed by atoms with Crippen molar-refractivity contribution in [2.75, 3.05) is 20.3 Å². The first-order chi connectivity index (χ1) is 13.7. The number of ether oxygens (including phenoxy) is 2. The molecule has 1 heterocycles. The average Bonchev–Trinajstić information content (AvgIpc) is 3.22. The molecule has 5 heteroatoms. The first-order valence-electron chi connectivity index (χ1n) is 10.8. The van der Waals surface area contributed by atoms with Crippen LogP contribution in [0.25, 0.3) is 0 Å². The summed E-state index contributed by atoms with van der Waals surface area (Å²) in [6.45, 7) is 3.54. The zero-order chi connectivity index (χ0) is 20.2. The Morgan fingerprint density at radius 3 is 2.29 bits per heavy atom. The van der Waals surface area contributed by atoms with Gasteiger partial charge in [0, 0.05) is 12.1 Å². The highest BCUT2D eigenvalue weighted by Gasteiger charge is 2.35. The van der Waals surface area contributed by atoms with Gasteiger partial charge in [-0.25, -0.2) is 4.79 Å². The predicted molar refractivity (Wildman–Crippen MR) is 111 cm³/mol. The van der Waals surface area contributed by atoms with Crippen molar-refractivity contribution in [3.05, 3.63) is 29.8 Å². The van der Waals surface area contributed by atoms with Crippen molar-refractivity contribution >= 4 is 11.9 Å². The molecule has 0 saturated carbocycles. The van der Waals surface area contributed by atoms with Gasteiger partial charge < -0.3 is 14.4 Å². The van der Waals surface area contributed by atoms with E-state index in [0.717, 1.165) is 18.6 Å². The fraction of sp³-hybridized carbons (Fsp3) is 0.652. The molecule has 0 N–H and O–H groups in total. The lowest BCUT2D eigenvalue weighted by Gasteiger charge is -2.22. The molecule has 2 rings (SSSR count). The van der Waals surface area contributed by atoms with Crippen LogP contribution in [-0.4, -0.2) is 43.1 Å². The van der Waals surface area contributed by atoms with Gasteiger partial charge in [0.05, 0.1) is 13.7 Å². The topological polar surface area (TPSA) is 55.8 Å². The number of methoxy groups -OCH3 is 1. The number of amides is 1. The number of likely N-dealkylation sites (tertiary alicyclic amines) is 1. The van der Waals surface area contributed by atoms with E-state index < -0.39 is 6.04 Å². The number of hydrogen-bond acceptors (Lipinski definition) is 4. The minimum absolute atomic E-state index is 0.123. The standard InChI is InChI=1S/C23H35NO4/c1-3-4-5-6-7-8-9-10-18-28-20-15-13-19(14-16-20)22(25)24-17-11-12-21(24)23(26)27-2/h13-16,21H,3-12,17-18H2,1-2H3/t21-/m0/s1. The van der Waals surface area contributed by atoms with Crippen LogP contribution in [0.3, 0.4) is 0 Å². The van der Waals surface area contributed by atoms with E-state index >= 15 is 0 Å². The van der Waals surface area contributed by atoms with Gasteiger partial charge in [-0.3, -0.25) is 4.79 Å². The molecule has 1 aromatic carbocycles. The van der Waals surface area contributed by atoms with Crippen LogP contribution in [0, 0.1) is 0 Å². The minimum Gasteiger partial charge on any atom is -0.494 e. The normalized spacial score (nSPS) is 16.2. The molecule has 1 fully saturated rings. The summed E-state index contributed by atoms with van der Waals surface area (Å²) >= 11 is 0. The van der Waals surface area contributed by atoms with Gasteiger partial charge in [0.2, 0.25) is 0 Å². The summed E-state index contributed by atoms with van der Waals surface area (Å²) in [5.74, 6) is 0.323. The average molecular weight is 390 g/mol. The molecule has 0 aromatic heterocycles. The van der Waals surface area contributed by atoms with E-state index in [1.54, 1.807) is 17.0 Å². The maximum absolute atomic E-state index is 12.7. The molecule has 0 spiro atoms. The molecular weight excluding hydrogens is 354 g/mol. The third-order valence-electron chi connectivity index (χ3n) is 5.35. The first-order valence-corrected chi connectivity index (χ1v) is 10.8. The second-order valence-electron chi connectivity index (χ2n) is 7.53. The molecular formula is C23H35NO4. The second-order valence-corrected chi connectivity index (χ2v) is 7.53. The SMILES string of the molecule is CCCCCCCCCCOc1ccc(C(=O)N2CCC[C@H]2C(=O)OC)cc1. The molecule has 1 amide bonds.